The number of carbonyl (C=O) groups is 2. The first kappa shape index (κ1) is 21.6. The first-order valence-electron chi connectivity index (χ1n) is 9.18. The van der Waals surface area contributed by atoms with Crippen molar-refractivity contribution in [3.05, 3.63) is 41.5 Å². The fourth-order valence-electron chi connectivity index (χ4n) is 3.13. The number of aromatic amines is 1. The molecule has 1 saturated heterocycles. The van der Waals surface area contributed by atoms with Gasteiger partial charge in [0.1, 0.15) is 5.75 Å². The lowest BCUT2D eigenvalue weighted by Gasteiger charge is -2.35. The molecule has 162 valence electrons. The second-order valence-corrected chi connectivity index (χ2v) is 6.74. The number of piperidine rings is 1. The van der Waals surface area contributed by atoms with Crippen molar-refractivity contribution in [2.75, 3.05) is 19.7 Å². The number of ether oxygens (including phenoxy) is 1. The molecule has 1 fully saturated rings. The number of β-amino-alcohol motifs (C(OH)–C–C–N with tert-alkyl or cyclic N) is 1. The third kappa shape index (κ3) is 5.06. The highest BCUT2D eigenvalue weighted by Gasteiger charge is 2.37. The Hall–Kier alpha value is -3.15. The minimum atomic E-state index is -4.76. The van der Waals surface area contributed by atoms with Crippen molar-refractivity contribution in [1.29, 1.82) is 0 Å². The van der Waals surface area contributed by atoms with Gasteiger partial charge < -0.3 is 20.1 Å². The molecule has 1 aromatic carbocycles. The maximum atomic E-state index is 12.7. The summed E-state index contributed by atoms with van der Waals surface area (Å²) in [5, 5.41) is 17.8. The van der Waals surface area contributed by atoms with Crippen LogP contribution in [0.25, 0.3) is 0 Å². The van der Waals surface area contributed by atoms with Gasteiger partial charge in [-0.1, -0.05) is 6.07 Å². The van der Waals surface area contributed by atoms with Crippen molar-refractivity contribution in [3.8, 4) is 5.75 Å². The molecular weight excluding hydrogens is 407 g/mol. The Balaban J connectivity index is 1.68. The van der Waals surface area contributed by atoms with Gasteiger partial charge in [0.05, 0.1) is 12.7 Å². The number of amides is 2. The summed E-state index contributed by atoms with van der Waals surface area (Å²) >= 11 is 0. The summed E-state index contributed by atoms with van der Waals surface area (Å²) in [6.45, 7) is 2.13. The molecule has 9 nitrogen and oxygen atoms in total. The van der Waals surface area contributed by atoms with Crippen LogP contribution in [-0.2, 0) is 6.18 Å². The monoisotopic (exact) mass is 427 g/mol. The lowest BCUT2D eigenvalue weighted by molar-refractivity contribution is -0.144. The molecule has 1 aliphatic rings. The minimum absolute atomic E-state index is 0.0112. The Morgan fingerprint density at radius 2 is 2.13 bits per heavy atom. The van der Waals surface area contributed by atoms with Gasteiger partial charge in [-0.15, -0.1) is 5.10 Å². The van der Waals surface area contributed by atoms with Crippen LogP contribution in [0.4, 0.5) is 13.2 Å². The number of alkyl halides is 3. The molecule has 3 rings (SSSR count). The maximum absolute atomic E-state index is 12.7. The zero-order valence-electron chi connectivity index (χ0n) is 15.9. The van der Waals surface area contributed by atoms with E-state index in [4.69, 9.17) is 4.74 Å². The van der Waals surface area contributed by atoms with Crippen LogP contribution in [0.1, 0.15) is 40.1 Å². The molecule has 2 heterocycles. The normalized spacial score (nSPS) is 19.4. The molecule has 2 aromatic rings. The number of aliphatic hydroxyl groups is 1. The highest BCUT2D eigenvalue weighted by atomic mass is 19.4. The largest absolute Gasteiger partial charge is 0.494 e. The Kier molecular flexibility index (Phi) is 6.25. The van der Waals surface area contributed by atoms with Crippen molar-refractivity contribution in [3.63, 3.8) is 0 Å². The number of hydrogen-bond acceptors (Lipinski definition) is 6. The number of H-pyrrole nitrogens is 1. The van der Waals surface area contributed by atoms with Gasteiger partial charge in [-0.2, -0.15) is 18.2 Å². The fraction of sp³-hybridized carbons (Fsp3) is 0.444. The fourth-order valence-corrected chi connectivity index (χ4v) is 3.13. The second-order valence-electron chi connectivity index (χ2n) is 6.74. The van der Waals surface area contributed by atoms with Gasteiger partial charge >= 0.3 is 6.18 Å². The Morgan fingerprint density at radius 1 is 1.37 bits per heavy atom. The highest BCUT2D eigenvalue weighted by molar-refractivity contribution is 5.95. The van der Waals surface area contributed by atoms with Gasteiger partial charge in [-0.25, -0.2) is 0 Å². The van der Waals surface area contributed by atoms with Crippen molar-refractivity contribution in [2.24, 2.45) is 0 Å². The van der Waals surface area contributed by atoms with E-state index in [2.05, 4.69) is 15.4 Å². The van der Waals surface area contributed by atoms with E-state index >= 15 is 0 Å². The number of nitrogens with zero attached hydrogens (tertiary/aromatic N) is 3. The number of likely N-dealkylation sites (tertiary alicyclic amines) is 1. The van der Waals surface area contributed by atoms with E-state index in [1.165, 1.54) is 0 Å². The average Bonchev–Trinajstić information content (AvgIpc) is 3.18. The van der Waals surface area contributed by atoms with E-state index in [1.54, 1.807) is 29.4 Å². The van der Waals surface area contributed by atoms with E-state index in [9.17, 15) is 27.9 Å². The summed E-state index contributed by atoms with van der Waals surface area (Å²) in [4.78, 5) is 29.3. The van der Waals surface area contributed by atoms with Crippen LogP contribution in [0.2, 0.25) is 0 Å². The third-order valence-corrected chi connectivity index (χ3v) is 4.40. The predicted molar refractivity (Wildman–Crippen MR) is 96.8 cm³/mol. The Labute approximate surface area is 169 Å². The van der Waals surface area contributed by atoms with Crippen molar-refractivity contribution >= 4 is 11.8 Å². The molecule has 30 heavy (non-hydrogen) atoms. The molecule has 0 spiro atoms. The molecule has 0 aliphatic carbocycles. The van der Waals surface area contributed by atoms with Crippen LogP contribution in [0, 0.1) is 0 Å². The number of carbonyl (C=O) groups excluding carboxylic acids is 2. The highest BCUT2D eigenvalue weighted by Crippen LogP contribution is 2.26. The first-order chi connectivity index (χ1) is 14.2. The van der Waals surface area contributed by atoms with E-state index in [0.717, 1.165) is 4.90 Å². The number of aliphatic hydroxyl groups excluding tert-OH is 1. The first-order valence-corrected chi connectivity index (χ1v) is 9.18. The minimum Gasteiger partial charge on any atom is -0.494 e. The number of hydrogen-bond donors (Lipinski definition) is 3. The zero-order valence-corrected chi connectivity index (χ0v) is 15.9. The Bertz CT molecular complexity index is 917. The van der Waals surface area contributed by atoms with Gasteiger partial charge in [0.2, 0.25) is 11.6 Å². The van der Waals surface area contributed by atoms with Crippen LogP contribution < -0.4 is 10.1 Å². The molecule has 2 amide bonds. The lowest BCUT2D eigenvalue weighted by Crippen LogP contribution is -2.54. The van der Waals surface area contributed by atoms with Crippen LogP contribution in [0.15, 0.2) is 24.3 Å². The number of nitrogens with one attached hydrogen (secondary N) is 2. The predicted octanol–water partition coefficient (Wildman–Crippen LogP) is 1.23. The molecule has 12 heteroatoms. The summed E-state index contributed by atoms with van der Waals surface area (Å²) in [5.74, 6) is -2.83. The molecule has 0 unspecified atom stereocenters. The molecule has 0 radical (unpaired) electrons. The van der Waals surface area contributed by atoms with E-state index in [-0.39, 0.29) is 19.5 Å². The summed E-state index contributed by atoms with van der Waals surface area (Å²) in [5.41, 5.74) is 0.336. The topological polar surface area (TPSA) is 120 Å². The summed E-state index contributed by atoms with van der Waals surface area (Å²) in [6, 6.07) is 5.91. The number of halogens is 3. The lowest BCUT2D eigenvalue weighted by atomic mass is 10.0. The summed E-state index contributed by atoms with van der Waals surface area (Å²) in [6.07, 6.45) is -5.55. The number of aromatic nitrogens is 3. The van der Waals surface area contributed by atoms with E-state index < -0.39 is 41.8 Å². The standard InChI is InChI=1S/C18H20F3N5O4/c1-2-30-13-5-3-4-10(6-13)15(28)22-11-7-12(27)9-26(8-11)16(29)14-23-17(25-24-14)18(19,20)21/h3-6,11-12,27H,2,7-9H2,1H3,(H,22,28)(H,23,24,25)/t11-,12+/m0/s1. The Morgan fingerprint density at radius 3 is 2.80 bits per heavy atom. The van der Waals surface area contributed by atoms with Crippen LogP contribution >= 0.6 is 0 Å². The molecular formula is C18H20F3N5O4. The van der Waals surface area contributed by atoms with Crippen molar-refractivity contribution in [2.45, 2.75) is 31.7 Å². The molecule has 0 bridgehead atoms. The quantitative estimate of drug-likeness (QED) is 0.660. The van der Waals surface area contributed by atoms with Crippen LogP contribution in [0.3, 0.4) is 0 Å². The van der Waals surface area contributed by atoms with Gasteiger partial charge in [0, 0.05) is 24.7 Å². The SMILES string of the molecule is CCOc1cccc(C(=O)N[C@H]2C[C@@H](O)CN(C(=O)c3n[nH]c(C(F)(F)F)n3)C2)c1. The summed E-state index contributed by atoms with van der Waals surface area (Å²) < 4.78 is 43.3. The van der Waals surface area contributed by atoms with Crippen molar-refractivity contribution < 1.29 is 32.6 Å². The van der Waals surface area contributed by atoms with Gasteiger partial charge in [0.15, 0.2) is 0 Å². The van der Waals surface area contributed by atoms with E-state index in [1.807, 2.05) is 6.92 Å². The third-order valence-electron chi connectivity index (χ3n) is 4.40. The summed E-state index contributed by atoms with van der Waals surface area (Å²) in [7, 11) is 0. The smallest absolute Gasteiger partial charge is 0.451 e. The maximum Gasteiger partial charge on any atom is 0.451 e. The molecule has 0 saturated carbocycles. The van der Waals surface area contributed by atoms with Gasteiger partial charge in [0.25, 0.3) is 11.8 Å². The second kappa shape index (κ2) is 8.69. The van der Waals surface area contributed by atoms with Crippen LogP contribution in [0.5, 0.6) is 5.75 Å². The van der Waals surface area contributed by atoms with Gasteiger partial charge in [-0.3, -0.25) is 14.7 Å². The average molecular weight is 427 g/mol. The van der Waals surface area contributed by atoms with Crippen molar-refractivity contribution in [1.82, 2.24) is 25.4 Å². The molecule has 1 aliphatic heterocycles. The van der Waals surface area contributed by atoms with Gasteiger partial charge in [-0.05, 0) is 31.5 Å². The molecule has 1 aromatic heterocycles. The van der Waals surface area contributed by atoms with Crippen LogP contribution in [-0.4, -0.2) is 68.8 Å². The number of benzene rings is 1. The van der Waals surface area contributed by atoms with E-state index in [0.29, 0.717) is 17.9 Å². The number of rotatable bonds is 5. The molecule has 3 N–H and O–H groups in total. The molecule has 2 atom stereocenters. The zero-order chi connectivity index (χ0) is 21.9.